The van der Waals surface area contributed by atoms with Gasteiger partial charge in [0.2, 0.25) is 0 Å². The first-order valence-corrected chi connectivity index (χ1v) is 8.40. The van der Waals surface area contributed by atoms with Crippen LogP contribution in [-0.4, -0.2) is 44.4 Å². The number of imidazole rings is 1. The molecule has 0 aromatic carbocycles. The summed E-state index contributed by atoms with van der Waals surface area (Å²) in [6.45, 7) is 1.41. The maximum absolute atomic E-state index is 5.18. The molecule has 3 aromatic heterocycles. The molecule has 4 rings (SSSR count). The predicted octanol–water partition coefficient (Wildman–Crippen LogP) is 2.07. The fraction of sp³-hybridized carbons (Fsp3) is 0.471. The predicted molar refractivity (Wildman–Crippen MR) is 92.2 cm³/mol. The fourth-order valence-electron chi connectivity index (χ4n) is 3.32. The average molecular weight is 326 g/mol. The third kappa shape index (κ3) is 2.54. The lowest BCUT2D eigenvalue weighted by Crippen LogP contribution is -2.17. The molecule has 0 aliphatic heterocycles. The number of fused-ring (bicyclic) bond motifs is 2. The minimum Gasteiger partial charge on any atom is -0.383 e. The molecule has 0 unspecified atom stereocenters. The molecule has 126 valence electrons. The van der Waals surface area contributed by atoms with Crippen molar-refractivity contribution in [2.24, 2.45) is 7.05 Å². The molecule has 0 saturated carbocycles. The van der Waals surface area contributed by atoms with Gasteiger partial charge in [0.15, 0.2) is 11.5 Å². The lowest BCUT2D eigenvalue weighted by Gasteiger charge is -2.20. The zero-order chi connectivity index (χ0) is 16.5. The fourth-order valence-corrected chi connectivity index (χ4v) is 3.32. The summed E-state index contributed by atoms with van der Waals surface area (Å²) in [7, 11) is 3.69. The van der Waals surface area contributed by atoms with Gasteiger partial charge in [-0.15, -0.1) is 0 Å². The Morgan fingerprint density at radius 2 is 2.17 bits per heavy atom. The van der Waals surface area contributed by atoms with Crippen molar-refractivity contribution in [1.29, 1.82) is 0 Å². The SMILES string of the molecule is COCCNc1c2c(nc3cc(-c4nccn4C)nn13)CCCC2. The summed E-state index contributed by atoms with van der Waals surface area (Å²) in [5.41, 5.74) is 4.19. The molecular formula is C17H22N6O. The molecule has 7 heteroatoms. The maximum Gasteiger partial charge on any atom is 0.160 e. The second kappa shape index (κ2) is 6.24. The summed E-state index contributed by atoms with van der Waals surface area (Å²) >= 11 is 0. The van der Waals surface area contributed by atoms with Gasteiger partial charge in [0.1, 0.15) is 11.5 Å². The normalized spacial score (nSPS) is 14.1. The number of methoxy groups -OCH3 is 1. The monoisotopic (exact) mass is 326 g/mol. The van der Waals surface area contributed by atoms with Crippen molar-refractivity contribution in [3.63, 3.8) is 0 Å². The first kappa shape index (κ1) is 15.1. The van der Waals surface area contributed by atoms with E-state index in [-0.39, 0.29) is 0 Å². The van der Waals surface area contributed by atoms with E-state index < -0.39 is 0 Å². The minimum atomic E-state index is 0.659. The third-order valence-corrected chi connectivity index (χ3v) is 4.53. The number of ether oxygens (including phenoxy) is 1. The van der Waals surface area contributed by atoms with Crippen LogP contribution in [0.15, 0.2) is 18.5 Å². The Kier molecular flexibility index (Phi) is 3.93. The number of hydrogen-bond donors (Lipinski definition) is 1. The van der Waals surface area contributed by atoms with Crippen LogP contribution in [-0.2, 0) is 24.6 Å². The van der Waals surface area contributed by atoms with Crippen LogP contribution < -0.4 is 5.32 Å². The van der Waals surface area contributed by atoms with Crippen LogP contribution in [0.3, 0.4) is 0 Å². The first-order valence-electron chi connectivity index (χ1n) is 8.40. The molecule has 0 saturated heterocycles. The molecule has 1 aliphatic carbocycles. The topological polar surface area (TPSA) is 69.3 Å². The molecule has 0 atom stereocenters. The quantitative estimate of drug-likeness (QED) is 0.727. The zero-order valence-electron chi connectivity index (χ0n) is 14.1. The van der Waals surface area contributed by atoms with Crippen molar-refractivity contribution in [2.75, 3.05) is 25.6 Å². The van der Waals surface area contributed by atoms with Gasteiger partial charge in [0, 0.05) is 50.4 Å². The number of rotatable bonds is 5. The van der Waals surface area contributed by atoms with Gasteiger partial charge in [-0.3, -0.25) is 0 Å². The Labute approximate surface area is 140 Å². The molecule has 1 aliphatic rings. The van der Waals surface area contributed by atoms with E-state index in [0.717, 1.165) is 42.4 Å². The number of nitrogens with zero attached hydrogens (tertiary/aromatic N) is 5. The molecule has 0 bridgehead atoms. The molecule has 0 fully saturated rings. The van der Waals surface area contributed by atoms with Gasteiger partial charge < -0.3 is 14.6 Å². The van der Waals surface area contributed by atoms with E-state index >= 15 is 0 Å². The Bertz CT molecular complexity index is 865. The molecule has 0 amide bonds. The van der Waals surface area contributed by atoms with Crippen molar-refractivity contribution >= 4 is 11.5 Å². The highest BCUT2D eigenvalue weighted by molar-refractivity contribution is 5.63. The van der Waals surface area contributed by atoms with Crippen molar-refractivity contribution in [2.45, 2.75) is 25.7 Å². The summed E-state index contributed by atoms with van der Waals surface area (Å²) in [6, 6.07) is 2.01. The van der Waals surface area contributed by atoms with Crippen LogP contribution in [0.5, 0.6) is 0 Å². The molecule has 1 N–H and O–H groups in total. The summed E-state index contributed by atoms with van der Waals surface area (Å²) in [6.07, 6.45) is 8.20. The summed E-state index contributed by atoms with van der Waals surface area (Å²) < 4.78 is 9.07. The Balaban J connectivity index is 1.84. The van der Waals surface area contributed by atoms with E-state index in [2.05, 4.69) is 10.3 Å². The average Bonchev–Trinajstić information content (AvgIpc) is 3.20. The van der Waals surface area contributed by atoms with Crippen LogP contribution in [0.25, 0.3) is 17.2 Å². The highest BCUT2D eigenvalue weighted by Crippen LogP contribution is 2.29. The smallest absolute Gasteiger partial charge is 0.160 e. The van der Waals surface area contributed by atoms with Gasteiger partial charge in [0.05, 0.1) is 6.61 Å². The number of nitrogens with one attached hydrogen (secondary N) is 1. The lowest BCUT2D eigenvalue weighted by molar-refractivity contribution is 0.210. The highest BCUT2D eigenvalue weighted by atomic mass is 16.5. The Morgan fingerprint density at radius 1 is 1.29 bits per heavy atom. The zero-order valence-corrected chi connectivity index (χ0v) is 14.1. The van der Waals surface area contributed by atoms with Crippen LogP contribution in [0.4, 0.5) is 5.82 Å². The van der Waals surface area contributed by atoms with E-state index in [9.17, 15) is 0 Å². The van der Waals surface area contributed by atoms with Crippen molar-refractivity contribution in [3.8, 4) is 11.5 Å². The molecule has 3 heterocycles. The van der Waals surface area contributed by atoms with Crippen molar-refractivity contribution in [3.05, 3.63) is 29.7 Å². The molecule has 24 heavy (non-hydrogen) atoms. The standard InChI is InChI=1S/C17H22N6O/c1-22-9-7-18-17(22)14-11-15-20-13-6-4-3-5-12(13)16(23(15)21-14)19-8-10-24-2/h7,9,11,19H,3-6,8,10H2,1-2H3. The first-order chi connectivity index (χ1) is 11.8. The van der Waals surface area contributed by atoms with E-state index in [1.165, 1.54) is 24.1 Å². The number of anilines is 1. The summed E-state index contributed by atoms with van der Waals surface area (Å²) in [4.78, 5) is 9.26. The van der Waals surface area contributed by atoms with Gasteiger partial charge in [0.25, 0.3) is 0 Å². The minimum absolute atomic E-state index is 0.659. The van der Waals surface area contributed by atoms with E-state index in [4.69, 9.17) is 14.8 Å². The maximum atomic E-state index is 5.18. The number of aromatic nitrogens is 5. The third-order valence-electron chi connectivity index (χ3n) is 4.53. The van der Waals surface area contributed by atoms with Crippen LogP contribution in [0.1, 0.15) is 24.1 Å². The van der Waals surface area contributed by atoms with Crippen molar-refractivity contribution < 1.29 is 4.74 Å². The second-order valence-corrected chi connectivity index (χ2v) is 6.17. The Morgan fingerprint density at radius 3 is 2.96 bits per heavy atom. The van der Waals surface area contributed by atoms with E-state index in [1.54, 1.807) is 13.3 Å². The molecule has 3 aromatic rings. The van der Waals surface area contributed by atoms with E-state index in [0.29, 0.717) is 6.61 Å². The van der Waals surface area contributed by atoms with Gasteiger partial charge in [-0.2, -0.15) is 9.61 Å². The van der Waals surface area contributed by atoms with Gasteiger partial charge >= 0.3 is 0 Å². The van der Waals surface area contributed by atoms with Crippen molar-refractivity contribution in [1.82, 2.24) is 24.1 Å². The lowest BCUT2D eigenvalue weighted by atomic mass is 9.96. The summed E-state index contributed by atoms with van der Waals surface area (Å²) in [5, 5.41) is 8.27. The van der Waals surface area contributed by atoms with Crippen LogP contribution in [0, 0.1) is 0 Å². The number of aryl methyl sites for hydroxylation is 2. The van der Waals surface area contributed by atoms with Crippen LogP contribution in [0.2, 0.25) is 0 Å². The molecule has 7 nitrogen and oxygen atoms in total. The van der Waals surface area contributed by atoms with E-state index in [1.807, 2.05) is 28.4 Å². The second-order valence-electron chi connectivity index (χ2n) is 6.17. The highest BCUT2D eigenvalue weighted by Gasteiger charge is 2.20. The van der Waals surface area contributed by atoms with Gasteiger partial charge in [-0.1, -0.05) is 0 Å². The van der Waals surface area contributed by atoms with Crippen LogP contribution >= 0.6 is 0 Å². The summed E-state index contributed by atoms with van der Waals surface area (Å²) in [5.74, 6) is 1.90. The Hall–Kier alpha value is -2.41. The molecular weight excluding hydrogens is 304 g/mol. The largest absolute Gasteiger partial charge is 0.383 e. The number of hydrogen-bond acceptors (Lipinski definition) is 5. The molecule has 0 radical (unpaired) electrons. The van der Waals surface area contributed by atoms with Gasteiger partial charge in [-0.05, 0) is 25.7 Å². The van der Waals surface area contributed by atoms with Gasteiger partial charge in [-0.25, -0.2) is 9.97 Å². The molecule has 0 spiro atoms.